The van der Waals surface area contributed by atoms with Crippen LogP contribution in [0.5, 0.6) is 0 Å². The van der Waals surface area contributed by atoms with Crippen molar-refractivity contribution < 1.29 is 4.79 Å². The number of benzene rings is 2. The fourth-order valence-corrected chi connectivity index (χ4v) is 2.78. The average Bonchev–Trinajstić information content (AvgIpc) is 3.14. The molecule has 2 aromatic carbocycles. The van der Waals surface area contributed by atoms with Gasteiger partial charge in [0.1, 0.15) is 0 Å². The van der Waals surface area contributed by atoms with Crippen molar-refractivity contribution in [2.75, 3.05) is 0 Å². The molecule has 0 radical (unpaired) electrons. The van der Waals surface area contributed by atoms with Crippen molar-refractivity contribution in [2.24, 2.45) is 0 Å². The quantitative estimate of drug-likeness (QED) is 0.729. The van der Waals surface area contributed by atoms with E-state index < -0.39 is 0 Å². The van der Waals surface area contributed by atoms with Crippen LogP contribution in [-0.2, 0) is 11.3 Å². The molecule has 0 bridgehead atoms. The van der Waals surface area contributed by atoms with Crippen LogP contribution in [0.15, 0.2) is 79.1 Å². The fraction of sp³-hybridized carbons (Fsp3) is 0.190. The molecule has 0 aliphatic heterocycles. The van der Waals surface area contributed by atoms with Gasteiger partial charge in [-0.25, -0.2) is 0 Å². The molecule has 3 nitrogen and oxygen atoms in total. The molecule has 1 aromatic heterocycles. The molecule has 1 amide bonds. The molecule has 0 aliphatic rings. The highest BCUT2D eigenvalue weighted by Gasteiger charge is 2.16. The molecule has 0 unspecified atom stereocenters. The van der Waals surface area contributed by atoms with Crippen LogP contribution < -0.4 is 5.32 Å². The lowest BCUT2D eigenvalue weighted by atomic mass is 10.0. The van der Waals surface area contributed by atoms with Gasteiger partial charge in [-0.3, -0.25) is 4.79 Å². The number of carbonyl (C=O) groups is 1. The Hall–Kier alpha value is -2.81. The Bertz CT molecular complexity index is 761. The molecule has 0 saturated heterocycles. The maximum absolute atomic E-state index is 12.4. The summed E-state index contributed by atoms with van der Waals surface area (Å²) in [7, 11) is 0. The van der Waals surface area contributed by atoms with Gasteiger partial charge < -0.3 is 9.88 Å². The molecule has 1 heterocycles. The summed E-state index contributed by atoms with van der Waals surface area (Å²) in [5, 5.41) is 3.03. The largest absolute Gasteiger partial charge is 0.352 e. The minimum Gasteiger partial charge on any atom is -0.352 e. The first-order chi connectivity index (χ1) is 11.7. The molecule has 0 saturated carbocycles. The van der Waals surface area contributed by atoms with Crippen LogP contribution >= 0.6 is 0 Å². The molecule has 0 fully saturated rings. The first-order valence-corrected chi connectivity index (χ1v) is 8.22. The number of amides is 1. The topological polar surface area (TPSA) is 34.0 Å². The Morgan fingerprint density at radius 2 is 1.62 bits per heavy atom. The summed E-state index contributed by atoms with van der Waals surface area (Å²) >= 11 is 0. The average molecular weight is 318 g/mol. The minimum absolute atomic E-state index is 0.0132. The third-order valence-corrected chi connectivity index (χ3v) is 4.16. The monoisotopic (exact) mass is 318 g/mol. The smallest absolute Gasteiger partial charge is 0.222 e. The van der Waals surface area contributed by atoms with Crippen LogP contribution in [0, 0.1) is 6.92 Å². The van der Waals surface area contributed by atoms with Crippen LogP contribution in [0.25, 0.3) is 0 Å². The Kier molecular flexibility index (Phi) is 5.12. The van der Waals surface area contributed by atoms with E-state index in [4.69, 9.17) is 0 Å². The highest BCUT2D eigenvalue weighted by Crippen LogP contribution is 2.22. The Morgan fingerprint density at radius 1 is 0.958 bits per heavy atom. The van der Waals surface area contributed by atoms with Gasteiger partial charge in [-0.05, 0) is 30.2 Å². The first kappa shape index (κ1) is 16.1. The second-order valence-electron chi connectivity index (χ2n) is 6.02. The van der Waals surface area contributed by atoms with E-state index in [9.17, 15) is 4.79 Å². The van der Waals surface area contributed by atoms with Gasteiger partial charge in [0.25, 0.3) is 0 Å². The van der Waals surface area contributed by atoms with Gasteiger partial charge in [0.2, 0.25) is 5.91 Å². The molecular weight excluding hydrogens is 296 g/mol. The summed E-state index contributed by atoms with van der Waals surface area (Å²) in [5.74, 6) is 0.0538. The standard InChI is InChI=1S/C21H22N2O/c1-17-9-11-18(12-10-17)16-22-21(24)15-20(23-13-5-6-14-23)19-7-3-2-4-8-19/h2-14,20H,15-16H2,1H3,(H,22,24)/t20-/m1/s1. The molecule has 3 aromatic rings. The maximum Gasteiger partial charge on any atom is 0.222 e. The highest BCUT2D eigenvalue weighted by molar-refractivity contribution is 5.76. The second kappa shape index (κ2) is 7.64. The molecule has 24 heavy (non-hydrogen) atoms. The van der Waals surface area contributed by atoms with Crippen LogP contribution in [0.1, 0.15) is 29.2 Å². The van der Waals surface area contributed by atoms with Gasteiger partial charge in [0.05, 0.1) is 12.5 Å². The van der Waals surface area contributed by atoms with Crippen molar-refractivity contribution >= 4 is 5.91 Å². The van der Waals surface area contributed by atoms with Crippen molar-refractivity contribution in [1.29, 1.82) is 0 Å². The van der Waals surface area contributed by atoms with Gasteiger partial charge in [0, 0.05) is 18.9 Å². The zero-order valence-electron chi connectivity index (χ0n) is 13.9. The van der Waals surface area contributed by atoms with Crippen LogP contribution in [0.3, 0.4) is 0 Å². The summed E-state index contributed by atoms with van der Waals surface area (Å²) in [6.45, 7) is 2.62. The second-order valence-corrected chi connectivity index (χ2v) is 6.02. The summed E-state index contributed by atoms with van der Waals surface area (Å²) in [6.07, 6.45) is 4.43. The van der Waals surface area contributed by atoms with Crippen molar-refractivity contribution in [2.45, 2.75) is 25.9 Å². The SMILES string of the molecule is Cc1ccc(CNC(=O)C[C@H](c2ccccc2)n2cccc2)cc1. The van der Waals surface area contributed by atoms with Gasteiger partial charge in [-0.2, -0.15) is 0 Å². The van der Waals surface area contributed by atoms with Gasteiger partial charge >= 0.3 is 0 Å². The van der Waals surface area contributed by atoms with E-state index in [1.807, 2.05) is 42.7 Å². The summed E-state index contributed by atoms with van der Waals surface area (Å²) in [6, 6.07) is 22.4. The van der Waals surface area contributed by atoms with Gasteiger partial charge in [-0.1, -0.05) is 60.2 Å². The Balaban J connectivity index is 1.66. The van der Waals surface area contributed by atoms with Crippen molar-refractivity contribution in [3.05, 3.63) is 95.8 Å². The van der Waals surface area contributed by atoms with E-state index in [2.05, 4.69) is 53.2 Å². The van der Waals surface area contributed by atoms with E-state index in [1.165, 1.54) is 5.56 Å². The van der Waals surface area contributed by atoms with Gasteiger partial charge in [-0.15, -0.1) is 0 Å². The van der Waals surface area contributed by atoms with E-state index >= 15 is 0 Å². The lowest BCUT2D eigenvalue weighted by molar-refractivity contribution is -0.121. The summed E-state index contributed by atoms with van der Waals surface area (Å²) in [4.78, 5) is 12.4. The third-order valence-electron chi connectivity index (χ3n) is 4.16. The van der Waals surface area contributed by atoms with E-state index in [0.717, 1.165) is 11.1 Å². The number of aryl methyl sites for hydroxylation is 1. The fourth-order valence-electron chi connectivity index (χ4n) is 2.78. The summed E-state index contributed by atoms with van der Waals surface area (Å²) < 4.78 is 2.08. The first-order valence-electron chi connectivity index (χ1n) is 8.22. The Labute approximate surface area is 143 Å². The number of nitrogens with zero attached hydrogens (tertiary/aromatic N) is 1. The lowest BCUT2D eigenvalue weighted by Crippen LogP contribution is -2.26. The normalized spacial score (nSPS) is 11.9. The van der Waals surface area contributed by atoms with Gasteiger partial charge in [0.15, 0.2) is 0 Å². The summed E-state index contributed by atoms with van der Waals surface area (Å²) in [5.41, 5.74) is 3.48. The van der Waals surface area contributed by atoms with Crippen molar-refractivity contribution in [1.82, 2.24) is 9.88 Å². The number of hydrogen-bond acceptors (Lipinski definition) is 1. The van der Waals surface area contributed by atoms with Crippen molar-refractivity contribution in [3.8, 4) is 0 Å². The highest BCUT2D eigenvalue weighted by atomic mass is 16.1. The van der Waals surface area contributed by atoms with Crippen LogP contribution in [0.4, 0.5) is 0 Å². The number of rotatable bonds is 6. The number of hydrogen-bond donors (Lipinski definition) is 1. The molecule has 1 atom stereocenters. The maximum atomic E-state index is 12.4. The molecule has 0 aliphatic carbocycles. The number of nitrogens with one attached hydrogen (secondary N) is 1. The third kappa shape index (κ3) is 4.13. The van der Waals surface area contributed by atoms with Crippen molar-refractivity contribution in [3.63, 3.8) is 0 Å². The zero-order chi connectivity index (χ0) is 16.8. The van der Waals surface area contributed by atoms with Crippen LogP contribution in [-0.4, -0.2) is 10.5 Å². The molecule has 0 spiro atoms. The van der Waals surface area contributed by atoms with E-state index in [1.54, 1.807) is 0 Å². The van der Waals surface area contributed by atoms with E-state index in [-0.39, 0.29) is 11.9 Å². The lowest BCUT2D eigenvalue weighted by Gasteiger charge is -2.19. The Morgan fingerprint density at radius 3 is 2.29 bits per heavy atom. The predicted molar refractivity (Wildman–Crippen MR) is 96.7 cm³/mol. The minimum atomic E-state index is 0.0132. The van der Waals surface area contributed by atoms with E-state index in [0.29, 0.717) is 13.0 Å². The molecule has 1 N–H and O–H groups in total. The predicted octanol–water partition coefficient (Wildman–Crippen LogP) is 4.09. The molecule has 3 rings (SSSR count). The molecule has 122 valence electrons. The molecular formula is C21H22N2O. The van der Waals surface area contributed by atoms with Crippen LogP contribution in [0.2, 0.25) is 0 Å². The zero-order valence-corrected chi connectivity index (χ0v) is 13.9. The molecule has 3 heteroatoms. The number of aromatic nitrogens is 1. The number of carbonyl (C=O) groups excluding carboxylic acids is 1.